The van der Waals surface area contributed by atoms with Crippen molar-refractivity contribution in [2.24, 2.45) is 5.92 Å². The van der Waals surface area contributed by atoms with E-state index < -0.39 is 0 Å². The van der Waals surface area contributed by atoms with Gasteiger partial charge in [-0.05, 0) is 49.4 Å². The molecule has 0 aliphatic heterocycles. The van der Waals surface area contributed by atoms with Gasteiger partial charge >= 0.3 is 5.97 Å². The Labute approximate surface area is 135 Å². The number of esters is 1. The largest absolute Gasteiger partial charge is 0.465 e. The summed E-state index contributed by atoms with van der Waals surface area (Å²) in [7, 11) is 1.42. The minimum absolute atomic E-state index is 0.274. The highest BCUT2D eigenvalue weighted by Crippen LogP contribution is 2.38. The fourth-order valence-electron chi connectivity index (χ4n) is 2.42. The molecule has 2 N–H and O–H groups in total. The van der Waals surface area contributed by atoms with E-state index >= 15 is 0 Å². The van der Waals surface area contributed by atoms with Crippen LogP contribution < -0.4 is 10.6 Å². The Balaban J connectivity index is 2.20. The summed E-state index contributed by atoms with van der Waals surface area (Å²) in [6.07, 6.45) is 4.30. The highest BCUT2D eigenvalue weighted by Gasteiger charge is 2.26. The number of ether oxygens (including phenoxy) is 1. The molecule has 1 heterocycles. The molecule has 0 unspecified atom stereocenters. The van der Waals surface area contributed by atoms with Crippen molar-refractivity contribution in [3.63, 3.8) is 0 Å². The fourth-order valence-corrected chi connectivity index (χ4v) is 3.95. The average molecular weight is 326 g/mol. The third kappa shape index (κ3) is 3.95. The zero-order valence-electron chi connectivity index (χ0n) is 12.7. The Kier molecular flexibility index (Phi) is 5.58. The van der Waals surface area contributed by atoms with Crippen molar-refractivity contribution in [1.82, 2.24) is 5.32 Å². The van der Waals surface area contributed by atoms with E-state index in [2.05, 4.69) is 24.5 Å². The molecule has 0 atom stereocenters. The van der Waals surface area contributed by atoms with Crippen molar-refractivity contribution in [1.29, 1.82) is 0 Å². The van der Waals surface area contributed by atoms with Gasteiger partial charge in [-0.15, -0.1) is 11.3 Å². The van der Waals surface area contributed by atoms with Crippen LogP contribution in [0, 0.1) is 5.92 Å². The third-order valence-electron chi connectivity index (χ3n) is 3.46. The van der Waals surface area contributed by atoms with E-state index in [9.17, 15) is 4.79 Å². The molecule has 1 aromatic rings. The number of fused-ring (bicyclic) bond motifs is 1. The fraction of sp³-hybridized carbons (Fsp3) is 0.600. The lowest BCUT2D eigenvalue weighted by Gasteiger charge is -2.13. The first-order chi connectivity index (χ1) is 10.0. The van der Waals surface area contributed by atoms with Gasteiger partial charge in [0.1, 0.15) is 5.00 Å². The SMILES string of the molecule is COC(=O)c1c(NC(=S)NCC(C)C)sc2c1CCCC2. The molecular weight excluding hydrogens is 304 g/mol. The molecule has 2 rings (SSSR count). The van der Waals surface area contributed by atoms with Crippen LogP contribution >= 0.6 is 23.6 Å². The molecule has 0 bridgehead atoms. The van der Waals surface area contributed by atoms with Crippen molar-refractivity contribution in [3.05, 3.63) is 16.0 Å². The molecule has 116 valence electrons. The number of carbonyl (C=O) groups excluding carboxylic acids is 1. The molecule has 0 aromatic carbocycles. The van der Waals surface area contributed by atoms with E-state index in [1.54, 1.807) is 11.3 Å². The standard InChI is InChI=1S/C15H22N2O2S2/c1-9(2)8-16-15(20)17-13-12(14(18)19-3)10-6-4-5-7-11(10)21-13/h9H,4-8H2,1-3H3,(H2,16,17,20). The van der Waals surface area contributed by atoms with Crippen LogP contribution in [0.15, 0.2) is 0 Å². The molecule has 1 aromatic heterocycles. The number of carbonyl (C=O) groups is 1. The lowest BCUT2D eigenvalue weighted by molar-refractivity contribution is 0.0601. The van der Waals surface area contributed by atoms with E-state index in [1.165, 1.54) is 18.4 Å². The summed E-state index contributed by atoms with van der Waals surface area (Å²) in [5.41, 5.74) is 1.82. The van der Waals surface area contributed by atoms with Crippen LogP contribution in [0.4, 0.5) is 5.00 Å². The van der Waals surface area contributed by atoms with Crippen LogP contribution in [-0.2, 0) is 17.6 Å². The van der Waals surface area contributed by atoms with Gasteiger partial charge in [0.2, 0.25) is 0 Å². The van der Waals surface area contributed by atoms with Gasteiger partial charge < -0.3 is 15.4 Å². The summed E-state index contributed by atoms with van der Waals surface area (Å²) in [6, 6.07) is 0. The normalized spacial score (nSPS) is 13.7. The molecule has 21 heavy (non-hydrogen) atoms. The second kappa shape index (κ2) is 7.22. The van der Waals surface area contributed by atoms with Crippen LogP contribution in [0.2, 0.25) is 0 Å². The van der Waals surface area contributed by atoms with E-state index in [0.29, 0.717) is 16.6 Å². The molecule has 0 saturated heterocycles. The maximum absolute atomic E-state index is 12.1. The average Bonchev–Trinajstić information content (AvgIpc) is 2.82. The summed E-state index contributed by atoms with van der Waals surface area (Å²) in [4.78, 5) is 13.4. The molecule has 0 saturated carbocycles. The lowest BCUT2D eigenvalue weighted by atomic mass is 9.95. The van der Waals surface area contributed by atoms with Crippen LogP contribution in [-0.4, -0.2) is 24.7 Å². The number of aryl methyl sites for hydroxylation is 1. The first-order valence-corrected chi connectivity index (χ1v) is 8.53. The van der Waals surface area contributed by atoms with E-state index in [1.807, 2.05) is 0 Å². The van der Waals surface area contributed by atoms with Crippen LogP contribution in [0.5, 0.6) is 0 Å². The van der Waals surface area contributed by atoms with Crippen molar-refractivity contribution >= 4 is 39.6 Å². The molecule has 0 amide bonds. The Hall–Kier alpha value is -1.14. The summed E-state index contributed by atoms with van der Waals surface area (Å²) >= 11 is 6.94. The Bertz CT molecular complexity index is 538. The number of hydrogen-bond acceptors (Lipinski definition) is 4. The van der Waals surface area contributed by atoms with Gasteiger partial charge in [0.15, 0.2) is 5.11 Å². The predicted octanol–water partition coefficient (Wildman–Crippen LogP) is 3.36. The highest BCUT2D eigenvalue weighted by molar-refractivity contribution is 7.80. The van der Waals surface area contributed by atoms with Crippen molar-refractivity contribution in [3.8, 4) is 0 Å². The third-order valence-corrected chi connectivity index (χ3v) is 4.91. The van der Waals surface area contributed by atoms with Gasteiger partial charge in [0.05, 0.1) is 12.7 Å². The summed E-state index contributed by atoms with van der Waals surface area (Å²) < 4.78 is 4.95. The van der Waals surface area contributed by atoms with Crippen molar-refractivity contribution in [2.75, 3.05) is 19.0 Å². The van der Waals surface area contributed by atoms with Gasteiger partial charge in [0.25, 0.3) is 0 Å². The molecule has 4 nitrogen and oxygen atoms in total. The smallest absolute Gasteiger partial charge is 0.341 e. The van der Waals surface area contributed by atoms with Gasteiger partial charge in [-0.2, -0.15) is 0 Å². The van der Waals surface area contributed by atoms with Crippen molar-refractivity contribution < 1.29 is 9.53 Å². The van der Waals surface area contributed by atoms with Gasteiger partial charge in [-0.1, -0.05) is 13.8 Å². The second-order valence-corrected chi connectivity index (χ2v) is 7.15. The number of hydrogen-bond donors (Lipinski definition) is 2. The first-order valence-electron chi connectivity index (χ1n) is 7.30. The molecule has 0 fully saturated rings. The highest BCUT2D eigenvalue weighted by atomic mass is 32.1. The topological polar surface area (TPSA) is 50.4 Å². The molecule has 0 spiro atoms. The van der Waals surface area contributed by atoms with E-state index in [0.717, 1.165) is 36.4 Å². The van der Waals surface area contributed by atoms with Crippen LogP contribution in [0.25, 0.3) is 0 Å². The zero-order chi connectivity index (χ0) is 15.4. The maximum atomic E-state index is 12.1. The van der Waals surface area contributed by atoms with Crippen LogP contribution in [0.3, 0.4) is 0 Å². The Morgan fingerprint density at radius 3 is 2.76 bits per heavy atom. The first kappa shape index (κ1) is 16.2. The monoisotopic (exact) mass is 326 g/mol. The van der Waals surface area contributed by atoms with E-state index in [-0.39, 0.29) is 5.97 Å². The van der Waals surface area contributed by atoms with Crippen molar-refractivity contribution in [2.45, 2.75) is 39.5 Å². The second-order valence-electron chi connectivity index (χ2n) is 5.64. The molecule has 1 aliphatic carbocycles. The quantitative estimate of drug-likeness (QED) is 0.656. The minimum Gasteiger partial charge on any atom is -0.465 e. The van der Waals surface area contributed by atoms with Crippen LogP contribution in [0.1, 0.15) is 47.5 Å². The molecule has 0 radical (unpaired) electrons. The number of methoxy groups -OCH3 is 1. The molecule has 6 heteroatoms. The maximum Gasteiger partial charge on any atom is 0.341 e. The number of thiocarbonyl (C=S) groups is 1. The summed E-state index contributed by atoms with van der Waals surface area (Å²) in [5.74, 6) is 0.241. The Morgan fingerprint density at radius 1 is 1.38 bits per heavy atom. The summed E-state index contributed by atoms with van der Waals surface area (Å²) in [6.45, 7) is 5.06. The van der Waals surface area contributed by atoms with Gasteiger partial charge in [-0.3, -0.25) is 0 Å². The summed E-state index contributed by atoms with van der Waals surface area (Å²) in [5, 5.41) is 7.72. The van der Waals surface area contributed by atoms with E-state index in [4.69, 9.17) is 17.0 Å². The lowest BCUT2D eigenvalue weighted by Crippen LogP contribution is -2.31. The number of thiophene rings is 1. The predicted molar refractivity (Wildman–Crippen MR) is 91.4 cm³/mol. The number of rotatable bonds is 4. The number of nitrogens with one attached hydrogen (secondary N) is 2. The molecular formula is C15H22N2O2S2. The zero-order valence-corrected chi connectivity index (χ0v) is 14.4. The molecule has 1 aliphatic rings. The van der Waals surface area contributed by atoms with Gasteiger partial charge in [-0.25, -0.2) is 4.79 Å². The Morgan fingerprint density at radius 2 is 2.10 bits per heavy atom. The van der Waals surface area contributed by atoms with Gasteiger partial charge in [0, 0.05) is 11.4 Å². The minimum atomic E-state index is -0.274. The number of anilines is 1.